The number of guanidine groups is 1. The summed E-state index contributed by atoms with van der Waals surface area (Å²) in [7, 11) is 1.84. The first kappa shape index (κ1) is 22.3. The summed E-state index contributed by atoms with van der Waals surface area (Å²) < 4.78 is 0. The molecule has 1 aliphatic rings. The summed E-state index contributed by atoms with van der Waals surface area (Å²) in [5.41, 5.74) is 4.71. The number of aromatic nitrogens is 1. The Kier molecular flexibility index (Phi) is 7.47. The van der Waals surface area contributed by atoms with E-state index in [1.54, 1.807) is 6.07 Å². The zero-order chi connectivity index (χ0) is 20.2. The van der Waals surface area contributed by atoms with Crippen LogP contribution < -0.4 is 10.2 Å². The molecule has 3 N–H and O–H groups in total. The molecule has 0 radical (unpaired) electrons. The monoisotopic (exact) mass is 519 g/mol. The molecule has 7 heteroatoms. The van der Waals surface area contributed by atoms with Gasteiger partial charge >= 0.3 is 0 Å². The van der Waals surface area contributed by atoms with Gasteiger partial charge in [0.15, 0.2) is 5.96 Å². The first-order valence-corrected chi connectivity index (χ1v) is 10.2. The number of aromatic hydroxyl groups is 1. The number of aromatic amines is 1. The van der Waals surface area contributed by atoms with Gasteiger partial charge < -0.3 is 25.2 Å². The Morgan fingerprint density at radius 3 is 2.50 bits per heavy atom. The quantitative estimate of drug-likeness (QED) is 0.279. The predicted octanol–water partition coefficient (Wildman–Crippen LogP) is 3.74. The third-order valence-corrected chi connectivity index (χ3v) is 5.70. The van der Waals surface area contributed by atoms with Crippen molar-refractivity contribution in [2.45, 2.75) is 13.3 Å². The molecule has 6 nitrogen and oxygen atoms in total. The van der Waals surface area contributed by atoms with Gasteiger partial charge in [0, 0.05) is 56.4 Å². The molecule has 0 atom stereocenters. The van der Waals surface area contributed by atoms with Crippen molar-refractivity contribution < 1.29 is 5.11 Å². The first-order valence-electron chi connectivity index (χ1n) is 10.2. The van der Waals surface area contributed by atoms with E-state index < -0.39 is 0 Å². The average Bonchev–Trinajstić information content (AvgIpc) is 3.07. The molecule has 1 fully saturated rings. The zero-order valence-electron chi connectivity index (χ0n) is 17.6. The van der Waals surface area contributed by atoms with Gasteiger partial charge in [0.25, 0.3) is 0 Å². The number of hydrogen-bond donors (Lipinski definition) is 3. The number of aryl methyl sites for hydroxylation is 1. The molecular formula is C23H30IN5O. The predicted molar refractivity (Wildman–Crippen MR) is 135 cm³/mol. The highest BCUT2D eigenvalue weighted by atomic mass is 127. The van der Waals surface area contributed by atoms with Crippen LogP contribution in [0.25, 0.3) is 10.9 Å². The lowest BCUT2D eigenvalue weighted by Gasteiger charge is -2.37. The first-order chi connectivity index (χ1) is 14.2. The largest absolute Gasteiger partial charge is 0.506 e. The molecule has 0 amide bonds. The van der Waals surface area contributed by atoms with Crippen LogP contribution in [0, 0.1) is 6.92 Å². The van der Waals surface area contributed by atoms with Crippen LogP contribution in [-0.2, 0) is 6.42 Å². The maximum Gasteiger partial charge on any atom is 0.193 e. The Morgan fingerprint density at radius 2 is 1.77 bits per heavy atom. The van der Waals surface area contributed by atoms with E-state index in [0.29, 0.717) is 5.75 Å². The summed E-state index contributed by atoms with van der Waals surface area (Å²) in [5.74, 6) is 1.29. The van der Waals surface area contributed by atoms with Gasteiger partial charge in [-0.1, -0.05) is 30.3 Å². The van der Waals surface area contributed by atoms with Crippen LogP contribution in [0.5, 0.6) is 5.75 Å². The van der Waals surface area contributed by atoms with Crippen molar-refractivity contribution in [2.24, 2.45) is 4.99 Å². The molecule has 2 aromatic carbocycles. The Labute approximate surface area is 195 Å². The van der Waals surface area contributed by atoms with Gasteiger partial charge in [0.1, 0.15) is 5.75 Å². The van der Waals surface area contributed by atoms with Gasteiger partial charge in [-0.3, -0.25) is 4.99 Å². The Hall–Kier alpha value is -2.42. The van der Waals surface area contributed by atoms with Crippen molar-refractivity contribution in [2.75, 3.05) is 44.7 Å². The standard InChI is InChI=1S/C23H29N5O.HI/c1-17-18(19-7-3-4-8-20(19)26-17)11-12-25-23(24-2)28-15-13-27(14-16-28)21-9-5-6-10-22(21)29;/h3-10,26,29H,11-16H2,1-2H3,(H,24,25);1H. The van der Waals surface area contributed by atoms with Crippen molar-refractivity contribution >= 4 is 46.5 Å². The fraction of sp³-hybridized carbons (Fsp3) is 0.348. The van der Waals surface area contributed by atoms with Gasteiger partial charge in [0.05, 0.1) is 5.69 Å². The Bertz CT molecular complexity index is 1010. The van der Waals surface area contributed by atoms with E-state index in [0.717, 1.165) is 50.8 Å². The molecule has 0 spiro atoms. The Morgan fingerprint density at radius 1 is 1.07 bits per heavy atom. The summed E-state index contributed by atoms with van der Waals surface area (Å²) in [6, 6.07) is 16.0. The van der Waals surface area contributed by atoms with Crippen molar-refractivity contribution in [1.29, 1.82) is 0 Å². The van der Waals surface area contributed by atoms with Gasteiger partial charge in [-0.25, -0.2) is 0 Å². The second-order valence-electron chi connectivity index (χ2n) is 7.46. The minimum absolute atomic E-state index is 0. The fourth-order valence-electron chi connectivity index (χ4n) is 4.18. The molecule has 2 heterocycles. The van der Waals surface area contributed by atoms with Crippen molar-refractivity contribution in [1.82, 2.24) is 15.2 Å². The number of phenols is 1. The van der Waals surface area contributed by atoms with Crippen LogP contribution in [0.1, 0.15) is 11.3 Å². The second kappa shape index (κ2) is 10.1. The van der Waals surface area contributed by atoms with Gasteiger partial charge in [-0.2, -0.15) is 0 Å². The van der Waals surface area contributed by atoms with Crippen LogP contribution in [0.3, 0.4) is 0 Å². The number of piperazine rings is 1. The molecular weight excluding hydrogens is 489 g/mol. The number of aliphatic imine (C=N–C) groups is 1. The number of para-hydroxylation sites is 3. The van der Waals surface area contributed by atoms with E-state index in [9.17, 15) is 5.11 Å². The van der Waals surface area contributed by atoms with E-state index in [4.69, 9.17) is 0 Å². The van der Waals surface area contributed by atoms with Crippen molar-refractivity contribution in [3.05, 3.63) is 59.8 Å². The normalized spacial score (nSPS) is 14.7. The maximum atomic E-state index is 10.1. The van der Waals surface area contributed by atoms with Crippen molar-refractivity contribution in [3.8, 4) is 5.75 Å². The lowest BCUT2D eigenvalue weighted by molar-refractivity contribution is 0.370. The SMILES string of the molecule is CN=C(NCCc1c(C)[nH]c2ccccc12)N1CCN(c2ccccc2O)CC1.I. The highest BCUT2D eigenvalue weighted by molar-refractivity contribution is 14.0. The lowest BCUT2D eigenvalue weighted by Crippen LogP contribution is -2.52. The molecule has 0 bridgehead atoms. The topological polar surface area (TPSA) is 66.9 Å². The number of nitrogens with zero attached hydrogens (tertiary/aromatic N) is 3. The summed E-state index contributed by atoms with van der Waals surface area (Å²) in [5, 5.41) is 14.9. The van der Waals surface area contributed by atoms with Crippen LogP contribution in [0.4, 0.5) is 5.69 Å². The number of fused-ring (bicyclic) bond motifs is 1. The number of hydrogen-bond acceptors (Lipinski definition) is 3. The third kappa shape index (κ3) is 4.66. The molecule has 0 aliphatic carbocycles. The number of phenolic OH excluding ortho intramolecular Hbond substituents is 1. The molecule has 160 valence electrons. The van der Waals surface area contributed by atoms with Gasteiger partial charge in [-0.05, 0) is 37.1 Å². The average molecular weight is 519 g/mol. The van der Waals surface area contributed by atoms with E-state index in [-0.39, 0.29) is 24.0 Å². The van der Waals surface area contributed by atoms with Crippen molar-refractivity contribution in [3.63, 3.8) is 0 Å². The van der Waals surface area contributed by atoms with E-state index in [2.05, 4.69) is 56.3 Å². The minimum atomic E-state index is 0. The molecule has 0 saturated carbocycles. The number of H-pyrrole nitrogens is 1. The molecule has 1 aliphatic heterocycles. The molecule has 30 heavy (non-hydrogen) atoms. The summed E-state index contributed by atoms with van der Waals surface area (Å²) in [6.07, 6.45) is 0.951. The zero-order valence-corrected chi connectivity index (χ0v) is 19.9. The number of anilines is 1. The summed E-state index contributed by atoms with van der Waals surface area (Å²) in [6.45, 7) is 6.46. The molecule has 1 aromatic heterocycles. The smallest absolute Gasteiger partial charge is 0.193 e. The maximum absolute atomic E-state index is 10.1. The van der Waals surface area contributed by atoms with Crippen LogP contribution in [0.2, 0.25) is 0 Å². The van der Waals surface area contributed by atoms with Gasteiger partial charge in [-0.15, -0.1) is 24.0 Å². The third-order valence-electron chi connectivity index (χ3n) is 5.70. The summed E-state index contributed by atoms with van der Waals surface area (Å²) in [4.78, 5) is 12.5. The minimum Gasteiger partial charge on any atom is -0.506 e. The highest BCUT2D eigenvalue weighted by Crippen LogP contribution is 2.27. The highest BCUT2D eigenvalue weighted by Gasteiger charge is 2.21. The Balaban J connectivity index is 0.00000256. The molecule has 3 aromatic rings. The molecule has 1 saturated heterocycles. The van der Waals surface area contributed by atoms with E-state index in [1.165, 1.54) is 22.2 Å². The second-order valence-corrected chi connectivity index (χ2v) is 7.46. The van der Waals surface area contributed by atoms with E-state index >= 15 is 0 Å². The van der Waals surface area contributed by atoms with Crippen LogP contribution in [-0.4, -0.2) is 60.7 Å². The van der Waals surface area contributed by atoms with Crippen LogP contribution in [0.15, 0.2) is 53.5 Å². The number of benzene rings is 2. The lowest BCUT2D eigenvalue weighted by atomic mass is 10.1. The van der Waals surface area contributed by atoms with Crippen LogP contribution >= 0.6 is 24.0 Å². The number of rotatable bonds is 4. The summed E-state index contributed by atoms with van der Waals surface area (Å²) >= 11 is 0. The van der Waals surface area contributed by atoms with Gasteiger partial charge in [0.2, 0.25) is 0 Å². The molecule has 4 rings (SSSR count). The molecule has 0 unspecified atom stereocenters. The fourth-order valence-corrected chi connectivity index (χ4v) is 4.18. The van der Waals surface area contributed by atoms with E-state index in [1.807, 2.05) is 25.2 Å². The number of nitrogens with one attached hydrogen (secondary N) is 2. The number of halogens is 1.